The first-order valence-corrected chi connectivity index (χ1v) is 6.86. The summed E-state index contributed by atoms with van der Waals surface area (Å²) in [5.74, 6) is -0.135. The predicted molar refractivity (Wildman–Crippen MR) is 67.1 cm³/mol. The Balaban J connectivity index is 1.76. The first-order chi connectivity index (χ1) is 8.13. The van der Waals surface area contributed by atoms with Gasteiger partial charge < -0.3 is 5.11 Å². The maximum atomic E-state index is 10.5. The number of hydrogen-bond acceptors (Lipinski definition) is 4. The van der Waals surface area contributed by atoms with Crippen molar-refractivity contribution >= 4 is 17.3 Å². The molecule has 0 spiro atoms. The lowest BCUT2D eigenvalue weighted by Crippen LogP contribution is -2.20. The molecular formula is C12H18N2O2S. The van der Waals surface area contributed by atoms with Crippen molar-refractivity contribution in [3.05, 3.63) is 16.1 Å². The lowest BCUT2D eigenvalue weighted by atomic mass is 10.0. The summed E-state index contributed by atoms with van der Waals surface area (Å²) >= 11 is 1.69. The number of carboxylic acid groups (broad SMARTS) is 1. The van der Waals surface area contributed by atoms with E-state index in [4.69, 9.17) is 5.11 Å². The quantitative estimate of drug-likeness (QED) is 0.874. The second kappa shape index (κ2) is 5.60. The van der Waals surface area contributed by atoms with Crippen molar-refractivity contribution in [1.29, 1.82) is 0 Å². The lowest BCUT2D eigenvalue weighted by Gasteiger charge is -2.14. The molecule has 0 bridgehead atoms. The number of hydrogen-bond donors (Lipinski definition) is 1. The predicted octanol–water partition coefficient (Wildman–Crippen LogP) is 2.14. The van der Waals surface area contributed by atoms with Crippen LogP contribution in [0.15, 0.2) is 5.38 Å². The summed E-state index contributed by atoms with van der Waals surface area (Å²) < 4.78 is 0. The molecule has 2 heterocycles. The van der Waals surface area contributed by atoms with Gasteiger partial charge in [0.1, 0.15) is 0 Å². The van der Waals surface area contributed by atoms with E-state index in [9.17, 15) is 4.79 Å². The largest absolute Gasteiger partial charge is 0.481 e. The molecule has 5 heteroatoms. The third kappa shape index (κ3) is 3.78. The van der Waals surface area contributed by atoms with E-state index in [-0.39, 0.29) is 0 Å². The summed E-state index contributed by atoms with van der Waals surface area (Å²) in [6, 6.07) is 0. The van der Waals surface area contributed by atoms with Crippen molar-refractivity contribution in [3.63, 3.8) is 0 Å². The summed E-state index contributed by atoms with van der Waals surface area (Å²) in [4.78, 5) is 17.3. The molecule has 4 nitrogen and oxygen atoms in total. The highest BCUT2D eigenvalue weighted by molar-refractivity contribution is 7.09. The fourth-order valence-corrected chi connectivity index (χ4v) is 2.93. The van der Waals surface area contributed by atoms with Crippen LogP contribution in [-0.4, -0.2) is 34.0 Å². The Morgan fingerprint density at radius 1 is 1.71 bits per heavy atom. The van der Waals surface area contributed by atoms with Crippen LogP contribution in [-0.2, 0) is 11.3 Å². The van der Waals surface area contributed by atoms with Crippen molar-refractivity contribution < 1.29 is 9.90 Å². The Morgan fingerprint density at radius 2 is 2.53 bits per heavy atom. The number of carbonyl (C=O) groups is 1. The smallest absolute Gasteiger partial charge is 0.303 e. The minimum Gasteiger partial charge on any atom is -0.481 e. The van der Waals surface area contributed by atoms with Gasteiger partial charge in [-0.2, -0.15) is 0 Å². The molecule has 1 unspecified atom stereocenters. The van der Waals surface area contributed by atoms with E-state index in [0.717, 1.165) is 43.2 Å². The monoisotopic (exact) mass is 254 g/mol. The first-order valence-electron chi connectivity index (χ1n) is 5.98. The second-order valence-corrected chi connectivity index (χ2v) is 5.74. The van der Waals surface area contributed by atoms with Crippen LogP contribution in [0, 0.1) is 12.8 Å². The van der Waals surface area contributed by atoms with E-state index in [0.29, 0.717) is 12.3 Å². The Kier molecular flexibility index (Phi) is 4.12. The zero-order chi connectivity index (χ0) is 12.3. The van der Waals surface area contributed by atoms with Crippen LogP contribution in [0.2, 0.25) is 0 Å². The van der Waals surface area contributed by atoms with E-state index in [1.807, 2.05) is 6.92 Å². The molecule has 0 amide bonds. The van der Waals surface area contributed by atoms with E-state index in [1.165, 1.54) is 0 Å². The van der Waals surface area contributed by atoms with E-state index in [1.54, 1.807) is 11.3 Å². The lowest BCUT2D eigenvalue weighted by molar-refractivity contribution is -0.137. The molecule has 1 atom stereocenters. The average molecular weight is 254 g/mol. The van der Waals surface area contributed by atoms with Crippen LogP contribution in [0.4, 0.5) is 0 Å². The average Bonchev–Trinajstić information content (AvgIpc) is 2.86. The molecule has 0 aromatic carbocycles. The maximum Gasteiger partial charge on any atom is 0.303 e. The highest BCUT2D eigenvalue weighted by Crippen LogP contribution is 2.23. The summed E-state index contributed by atoms with van der Waals surface area (Å²) in [7, 11) is 0. The number of likely N-dealkylation sites (tertiary alicyclic amines) is 1. The molecule has 1 aliphatic rings. The molecule has 1 fully saturated rings. The van der Waals surface area contributed by atoms with Gasteiger partial charge in [0, 0.05) is 24.9 Å². The highest BCUT2D eigenvalue weighted by Gasteiger charge is 2.23. The summed E-state index contributed by atoms with van der Waals surface area (Å²) in [5.41, 5.74) is 1.14. The zero-order valence-electron chi connectivity index (χ0n) is 10.1. The van der Waals surface area contributed by atoms with Crippen molar-refractivity contribution in [1.82, 2.24) is 9.88 Å². The molecule has 1 N–H and O–H groups in total. The number of thiazole rings is 1. The van der Waals surface area contributed by atoms with Crippen LogP contribution in [0.1, 0.15) is 30.0 Å². The molecule has 1 aromatic rings. The Morgan fingerprint density at radius 3 is 3.18 bits per heavy atom. The van der Waals surface area contributed by atoms with Gasteiger partial charge in [-0.15, -0.1) is 11.3 Å². The molecular weight excluding hydrogens is 236 g/mol. The van der Waals surface area contributed by atoms with Crippen molar-refractivity contribution in [3.8, 4) is 0 Å². The summed E-state index contributed by atoms with van der Waals surface area (Å²) in [6.45, 7) is 5.02. The zero-order valence-corrected chi connectivity index (χ0v) is 10.9. The van der Waals surface area contributed by atoms with Gasteiger partial charge in [0.05, 0.1) is 10.7 Å². The highest BCUT2D eigenvalue weighted by atomic mass is 32.1. The Bertz CT molecular complexity index is 392. The normalized spacial score (nSPS) is 20.9. The van der Waals surface area contributed by atoms with E-state index >= 15 is 0 Å². The molecule has 1 saturated heterocycles. The molecule has 0 aliphatic carbocycles. The Labute approximate surface area is 105 Å². The van der Waals surface area contributed by atoms with Gasteiger partial charge in [-0.05, 0) is 32.2 Å². The van der Waals surface area contributed by atoms with Crippen LogP contribution in [0.5, 0.6) is 0 Å². The van der Waals surface area contributed by atoms with Gasteiger partial charge in [-0.1, -0.05) is 0 Å². The van der Waals surface area contributed by atoms with Crippen molar-refractivity contribution in [2.45, 2.75) is 32.7 Å². The SMILES string of the molecule is Cc1nc(CN2CCC(CCC(=O)O)C2)cs1. The van der Waals surface area contributed by atoms with Gasteiger partial charge in [0.2, 0.25) is 0 Å². The first kappa shape index (κ1) is 12.5. The minimum absolute atomic E-state index is 0.300. The fraction of sp³-hybridized carbons (Fsp3) is 0.667. The van der Waals surface area contributed by atoms with Crippen LogP contribution >= 0.6 is 11.3 Å². The molecule has 94 valence electrons. The minimum atomic E-state index is -0.682. The third-order valence-corrected chi connectivity index (χ3v) is 4.01. The number of carboxylic acids is 1. The van der Waals surface area contributed by atoms with Crippen LogP contribution in [0.3, 0.4) is 0 Å². The van der Waals surface area contributed by atoms with Gasteiger partial charge >= 0.3 is 5.97 Å². The molecule has 2 rings (SSSR count). The van der Waals surface area contributed by atoms with Gasteiger partial charge in [0.15, 0.2) is 0 Å². The van der Waals surface area contributed by atoms with E-state index in [2.05, 4.69) is 15.3 Å². The maximum absolute atomic E-state index is 10.5. The third-order valence-electron chi connectivity index (χ3n) is 3.19. The Hall–Kier alpha value is -0.940. The van der Waals surface area contributed by atoms with Gasteiger partial charge in [0.25, 0.3) is 0 Å². The molecule has 0 saturated carbocycles. The number of aliphatic carboxylic acids is 1. The number of nitrogens with zero attached hydrogens (tertiary/aromatic N) is 2. The van der Waals surface area contributed by atoms with Crippen molar-refractivity contribution in [2.24, 2.45) is 5.92 Å². The number of aromatic nitrogens is 1. The van der Waals surface area contributed by atoms with Crippen LogP contribution in [0.25, 0.3) is 0 Å². The molecule has 0 radical (unpaired) electrons. The van der Waals surface area contributed by atoms with E-state index < -0.39 is 5.97 Å². The topological polar surface area (TPSA) is 53.4 Å². The number of aryl methyl sites for hydroxylation is 1. The number of rotatable bonds is 5. The molecule has 17 heavy (non-hydrogen) atoms. The summed E-state index contributed by atoms with van der Waals surface area (Å²) in [5, 5.41) is 11.9. The standard InChI is InChI=1S/C12H18N2O2S/c1-9-13-11(8-17-9)7-14-5-4-10(6-14)2-3-12(15)16/h8,10H,2-7H2,1H3,(H,15,16). The molecule has 1 aromatic heterocycles. The molecule has 1 aliphatic heterocycles. The van der Waals surface area contributed by atoms with Gasteiger partial charge in [-0.3, -0.25) is 9.69 Å². The van der Waals surface area contributed by atoms with Crippen LogP contribution < -0.4 is 0 Å². The second-order valence-electron chi connectivity index (χ2n) is 4.68. The fourth-order valence-electron chi connectivity index (χ4n) is 2.33. The van der Waals surface area contributed by atoms with Crippen molar-refractivity contribution in [2.75, 3.05) is 13.1 Å². The summed E-state index contributed by atoms with van der Waals surface area (Å²) in [6.07, 6.45) is 2.23. The van der Waals surface area contributed by atoms with Gasteiger partial charge in [-0.25, -0.2) is 4.98 Å².